The van der Waals surface area contributed by atoms with E-state index in [2.05, 4.69) is 10.1 Å². The van der Waals surface area contributed by atoms with E-state index in [0.717, 1.165) is 7.11 Å². The molecule has 0 unspecified atom stereocenters. The molecular formula is C9H14N2O5. The number of methoxy groups -OCH3 is 1. The van der Waals surface area contributed by atoms with Crippen molar-refractivity contribution in [3.05, 3.63) is 0 Å². The Hall–Kier alpha value is -1.63. The molecule has 0 aromatic rings. The smallest absolute Gasteiger partial charge is 0.326 e. The first-order valence-electron chi connectivity index (χ1n) is 4.78. The number of carbonyl (C=O) groups excluding carboxylic acids is 2. The second-order valence-electron chi connectivity index (χ2n) is 3.80. The van der Waals surface area contributed by atoms with Crippen LogP contribution in [0.4, 0.5) is 0 Å². The van der Waals surface area contributed by atoms with Gasteiger partial charge in [0, 0.05) is 0 Å². The maximum atomic E-state index is 11.5. The summed E-state index contributed by atoms with van der Waals surface area (Å²) < 4.78 is 4.33. The predicted molar refractivity (Wildman–Crippen MR) is 52.4 cm³/mol. The fourth-order valence-electron chi connectivity index (χ4n) is 1.11. The van der Waals surface area contributed by atoms with Gasteiger partial charge in [0.15, 0.2) is 0 Å². The summed E-state index contributed by atoms with van der Waals surface area (Å²) in [6.07, 6.45) is 0.653. The highest BCUT2D eigenvalue weighted by Gasteiger charge is 2.47. The van der Waals surface area contributed by atoms with Gasteiger partial charge in [0.05, 0.1) is 19.1 Å². The van der Waals surface area contributed by atoms with Gasteiger partial charge in [-0.05, 0) is 12.8 Å². The standard InChI is InChI=1S/C9H14N2O5/c1-16-6(12)4-5(7(13)14)11-8(15)9(10)2-3-9/h5H,2-4,10H2,1H3,(H,11,15)(H,13,14)/t5-/m0/s1. The summed E-state index contributed by atoms with van der Waals surface area (Å²) >= 11 is 0. The Balaban J connectivity index is 2.54. The number of nitrogens with two attached hydrogens (primary N) is 1. The quantitative estimate of drug-likeness (QED) is 0.500. The third-order valence-corrected chi connectivity index (χ3v) is 2.44. The molecule has 1 aliphatic rings. The van der Waals surface area contributed by atoms with Crippen LogP contribution in [0.5, 0.6) is 0 Å². The number of carbonyl (C=O) groups is 3. The van der Waals surface area contributed by atoms with E-state index in [9.17, 15) is 14.4 Å². The zero-order valence-electron chi connectivity index (χ0n) is 8.86. The molecular weight excluding hydrogens is 216 g/mol. The molecule has 0 aliphatic heterocycles. The average molecular weight is 230 g/mol. The number of hydrogen-bond acceptors (Lipinski definition) is 5. The molecule has 90 valence electrons. The molecule has 0 heterocycles. The SMILES string of the molecule is COC(=O)C[C@H](NC(=O)C1(N)CC1)C(=O)O. The molecule has 0 aromatic carbocycles. The van der Waals surface area contributed by atoms with Crippen molar-refractivity contribution in [3.63, 3.8) is 0 Å². The third-order valence-electron chi connectivity index (χ3n) is 2.44. The minimum Gasteiger partial charge on any atom is -0.480 e. The summed E-state index contributed by atoms with van der Waals surface area (Å²) in [5, 5.41) is 11.0. The third kappa shape index (κ3) is 2.93. The Kier molecular flexibility index (Phi) is 3.48. The summed E-state index contributed by atoms with van der Waals surface area (Å²) in [7, 11) is 1.15. The van der Waals surface area contributed by atoms with E-state index in [1.807, 2.05) is 0 Å². The number of carboxylic acid groups (broad SMARTS) is 1. The molecule has 1 amide bonds. The lowest BCUT2D eigenvalue weighted by atomic mass is 10.2. The Morgan fingerprint density at radius 3 is 2.44 bits per heavy atom. The summed E-state index contributed by atoms with van der Waals surface area (Å²) in [6.45, 7) is 0. The molecule has 7 heteroatoms. The summed E-state index contributed by atoms with van der Waals surface area (Å²) in [5.74, 6) is -2.53. The van der Waals surface area contributed by atoms with Gasteiger partial charge in [-0.15, -0.1) is 0 Å². The van der Waals surface area contributed by atoms with Gasteiger partial charge in [-0.25, -0.2) is 4.79 Å². The summed E-state index contributed by atoms with van der Waals surface area (Å²) in [4.78, 5) is 33.1. The second kappa shape index (κ2) is 4.48. The van der Waals surface area contributed by atoms with Crippen molar-refractivity contribution in [2.75, 3.05) is 7.11 Å². The van der Waals surface area contributed by atoms with Crippen molar-refractivity contribution >= 4 is 17.8 Å². The minimum atomic E-state index is -1.29. The van der Waals surface area contributed by atoms with Gasteiger partial charge in [-0.2, -0.15) is 0 Å². The lowest BCUT2D eigenvalue weighted by Crippen LogP contribution is -2.50. The summed E-state index contributed by atoms with van der Waals surface area (Å²) in [5.41, 5.74) is 4.63. The van der Waals surface area contributed by atoms with Gasteiger partial charge in [0.25, 0.3) is 0 Å². The van der Waals surface area contributed by atoms with Crippen molar-refractivity contribution < 1.29 is 24.2 Å². The van der Waals surface area contributed by atoms with E-state index in [-0.39, 0.29) is 0 Å². The topological polar surface area (TPSA) is 119 Å². The number of nitrogens with one attached hydrogen (secondary N) is 1. The van der Waals surface area contributed by atoms with Gasteiger partial charge in [0.1, 0.15) is 6.04 Å². The Bertz CT molecular complexity index is 324. The molecule has 4 N–H and O–H groups in total. The zero-order chi connectivity index (χ0) is 12.3. The van der Waals surface area contributed by atoms with E-state index < -0.39 is 35.8 Å². The number of ether oxygens (including phenoxy) is 1. The van der Waals surface area contributed by atoms with E-state index in [1.165, 1.54) is 0 Å². The van der Waals surface area contributed by atoms with E-state index in [0.29, 0.717) is 12.8 Å². The van der Waals surface area contributed by atoms with Gasteiger partial charge >= 0.3 is 11.9 Å². The summed E-state index contributed by atoms with van der Waals surface area (Å²) in [6, 6.07) is -1.29. The number of carboxylic acids is 1. The second-order valence-corrected chi connectivity index (χ2v) is 3.80. The largest absolute Gasteiger partial charge is 0.480 e. The monoisotopic (exact) mass is 230 g/mol. The number of rotatable bonds is 5. The first kappa shape index (κ1) is 12.4. The van der Waals surface area contributed by atoms with Crippen LogP contribution in [0, 0.1) is 0 Å². The van der Waals surface area contributed by atoms with Crippen molar-refractivity contribution in [2.45, 2.75) is 30.8 Å². The fourth-order valence-corrected chi connectivity index (χ4v) is 1.11. The Morgan fingerprint density at radius 1 is 1.50 bits per heavy atom. The van der Waals surface area contributed by atoms with Crippen molar-refractivity contribution in [1.82, 2.24) is 5.32 Å². The molecule has 1 rings (SSSR count). The van der Waals surface area contributed by atoms with Crippen LogP contribution < -0.4 is 11.1 Å². The van der Waals surface area contributed by atoms with E-state index in [1.54, 1.807) is 0 Å². The van der Waals surface area contributed by atoms with Crippen molar-refractivity contribution in [3.8, 4) is 0 Å². The molecule has 0 bridgehead atoms. The lowest BCUT2D eigenvalue weighted by molar-refractivity contribution is -0.149. The normalized spacial score (nSPS) is 18.4. The van der Waals surface area contributed by atoms with Crippen LogP contribution in [0.15, 0.2) is 0 Å². The number of amides is 1. The molecule has 0 radical (unpaired) electrons. The van der Waals surface area contributed by atoms with E-state index >= 15 is 0 Å². The molecule has 0 aromatic heterocycles. The molecule has 1 atom stereocenters. The number of esters is 1. The lowest BCUT2D eigenvalue weighted by Gasteiger charge is -2.16. The van der Waals surface area contributed by atoms with Gasteiger partial charge in [-0.3, -0.25) is 9.59 Å². The molecule has 7 nitrogen and oxygen atoms in total. The number of hydrogen-bond donors (Lipinski definition) is 3. The van der Waals surface area contributed by atoms with Crippen LogP contribution >= 0.6 is 0 Å². The van der Waals surface area contributed by atoms with Crippen molar-refractivity contribution in [2.24, 2.45) is 5.73 Å². The average Bonchev–Trinajstić information content (AvgIpc) is 2.96. The van der Waals surface area contributed by atoms with Crippen LogP contribution in [0.3, 0.4) is 0 Å². The molecule has 1 fully saturated rings. The van der Waals surface area contributed by atoms with Gasteiger partial charge < -0.3 is 20.9 Å². The fraction of sp³-hybridized carbons (Fsp3) is 0.667. The Morgan fingerprint density at radius 2 is 2.06 bits per heavy atom. The zero-order valence-corrected chi connectivity index (χ0v) is 8.86. The highest BCUT2D eigenvalue weighted by atomic mass is 16.5. The molecule has 0 spiro atoms. The van der Waals surface area contributed by atoms with Crippen LogP contribution in [-0.2, 0) is 19.1 Å². The first-order chi connectivity index (χ1) is 7.39. The highest BCUT2D eigenvalue weighted by Crippen LogP contribution is 2.32. The highest BCUT2D eigenvalue weighted by molar-refractivity contribution is 5.93. The van der Waals surface area contributed by atoms with Crippen molar-refractivity contribution in [1.29, 1.82) is 0 Å². The van der Waals surface area contributed by atoms with Gasteiger partial charge in [-0.1, -0.05) is 0 Å². The van der Waals surface area contributed by atoms with Crippen LogP contribution in [0.1, 0.15) is 19.3 Å². The minimum absolute atomic E-state index is 0.409. The maximum absolute atomic E-state index is 11.5. The Labute approximate surface area is 91.9 Å². The molecule has 16 heavy (non-hydrogen) atoms. The van der Waals surface area contributed by atoms with Crippen LogP contribution in [-0.4, -0.2) is 41.6 Å². The molecule has 1 aliphatic carbocycles. The number of aliphatic carboxylic acids is 1. The molecule has 1 saturated carbocycles. The van der Waals surface area contributed by atoms with Crippen LogP contribution in [0.25, 0.3) is 0 Å². The predicted octanol–water partition coefficient (Wildman–Crippen LogP) is -1.39. The van der Waals surface area contributed by atoms with Gasteiger partial charge in [0.2, 0.25) is 5.91 Å². The molecule has 0 saturated heterocycles. The van der Waals surface area contributed by atoms with E-state index in [4.69, 9.17) is 10.8 Å². The maximum Gasteiger partial charge on any atom is 0.326 e. The first-order valence-corrected chi connectivity index (χ1v) is 4.78. The van der Waals surface area contributed by atoms with Crippen LogP contribution in [0.2, 0.25) is 0 Å².